The van der Waals surface area contributed by atoms with E-state index in [2.05, 4.69) is 32.4 Å². The molecule has 0 saturated heterocycles. The predicted molar refractivity (Wildman–Crippen MR) is 101 cm³/mol. The average molecular weight is 401 g/mol. The van der Waals surface area contributed by atoms with Crippen LogP contribution >= 0.6 is 15.9 Å². The smallest absolute Gasteiger partial charge is 0.244 e. The Bertz CT molecular complexity index is 795. The van der Waals surface area contributed by atoms with Crippen molar-refractivity contribution >= 4 is 28.1 Å². The second-order valence-corrected chi connectivity index (χ2v) is 5.91. The Morgan fingerprint density at radius 1 is 1.32 bits per heavy atom. The number of halogens is 1. The Morgan fingerprint density at radius 3 is 2.76 bits per heavy atom. The van der Waals surface area contributed by atoms with Crippen LogP contribution in [-0.2, 0) is 11.2 Å². The van der Waals surface area contributed by atoms with E-state index in [0.29, 0.717) is 17.1 Å². The molecule has 0 aliphatic heterocycles. The van der Waals surface area contributed by atoms with Crippen molar-refractivity contribution in [3.05, 3.63) is 58.1 Å². The third kappa shape index (κ3) is 5.98. The lowest BCUT2D eigenvalue weighted by molar-refractivity contribution is -0.120. The van der Waals surface area contributed by atoms with Gasteiger partial charge in [0, 0.05) is 10.0 Å². The lowest BCUT2D eigenvalue weighted by Crippen LogP contribution is -2.19. The topological polar surface area (TPSA) is 59.9 Å². The van der Waals surface area contributed by atoms with E-state index in [0.717, 1.165) is 10.0 Å². The van der Waals surface area contributed by atoms with Gasteiger partial charge in [-0.1, -0.05) is 34.0 Å². The molecule has 0 fully saturated rings. The SMILES string of the molecule is C#CCOc1ccc(OC)cc1/C=N\NC(=O)Cc1ccc(Br)cc1. The number of rotatable bonds is 7. The van der Waals surface area contributed by atoms with E-state index in [1.54, 1.807) is 25.3 Å². The van der Waals surface area contributed by atoms with Crippen LogP contribution in [0.4, 0.5) is 0 Å². The second kappa shape index (κ2) is 9.50. The highest BCUT2D eigenvalue weighted by molar-refractivity contribution is 9.10. The molecule has 0 spiro atoms. The number of hydrogen-bond acceptors (Lipinski definition) is 4. The van der Waals surface area contributed by atoms with Gasteiger partial charge < -0.3 is 9.47 Å². The minimum Gasteiger partial charge on any atom is -0.497 e. The summed E-state index contributed by atoms with van der Waals surface area (Å²) in [7, 11) is 1.57. The summed E-state index contributed by atoms with van der Waals surface area (Å²) in [5, 5.41) is 3.98. The summed E-state index contributed by atoms with van der Waals surface area (Å²) in [6.45, 7) is 0.142. The van der Waals surface area contributed by atoms with Gasteiger partial charge in [0.2, 0.25) is 5.91 Å². The third-order valence-corrected chi connectivity index (χ3v) is 3.73. The average Bonchev–Trinajstić information content (AvgIpc) is 2.62. The summed E-state index contributed by atoms with van der Waals surface area (Å²) in [4.78, 5) is 11.9. The number of hydrogen-bond donors (Lipinski definition) is 1. The molecule has 6 heteroatoms. The van der Waals surface area contributed by atoms with Crippen LogP contribution < -0.4 is 14.9 Å². The number of nitrogens with zero attached hydrogens (tertiary/aromatic N) is 1. The highest BCUT2D eigenvalue weighted by atomic mass is 79.9. The van der Waals surface area contributed by atoms with E-state index in [4.69, 9.17) is 15.9 Å². The first-order valence-electron chi connectivity index (χ1n) is 7.43. The lowest BCUT2D eigenvalue weighted by atomic mass is 10.1. The molecule has 0 aromatic heterocycles. The summed E-state index contributed by atoms with van der Waals surface area (Å²) < 4.78 is 11.6. The molecular formula is C19H17BrN2O3. The van der Waals surface area contributed by atoms with Crippen LogP contribution in [0.5, 0.6) is 11.5 Å². The van der Waals surface area contributed by atoms with Gasteiger partial charge in [-0.3, -0.25) is 4.79 Å². The largest absolute Gasteiger partial charge is 0.497 e. The van der Waals surface area contributed by atoms with Crippen LogP contribution in [0, 0.1) is 12.3 Å². The van der Waals surface area contributed by atoms with Crippen molar-refractivity contribution in [3.63, 3.8) is 0 Å². The van der Waals surface area contributed by atoms with Crippen molar-refractivity contribution in [1.29, 1.82) is 0 Å². The number of carbonyl (C=O) groups excluding carboxylic acids is 1. The zero-order valence-corrected chi connectivity index (χ0v) is 15.2. The first kappa shape index (κ1) is 18.6. The molecule has 0 aliphatic rings. The molecule has 0 aliphatic carbocycles. The standard InChI is InChI=1S/C19H17BrN2O3/c1-3-10-25-18-9-8-17(24-2)12-15(18)13-21-22-19(23)11-14-4-6-16(20)7-5-14/h1,4-9,12-13H,10-11H2,2H3,(H,22,23)/b21-13-. The first-order chi connectivity index (χ1) is 12.1. The minimum absolute atomic E-state index is 0.142. The van der Waals surface area contributed by atoms with E-state index in [1.165, 1.54) is 6.21 Å². The molecule has 2 rings (SSSR count). The van der Waals surface area contributed by atoms with Crippen LogP contribution in [-0.4, -0.2) is 25.8 Å². The van der Waals surface area contributed by atoms with Gasteiger partial charge in [-0.25, -0.2) is 5.43 Å². The van der Waals surface area contributed by atoms with E-state index in [9.17, 15) is 4.79 Å². The van der Waals surface area contributed by atoms with Gasteiger partial charge in [0.15, 0.2) is 0 Å². The van der Waals surface area contributed by atoms with Crippen molar-refractivity contribution in [2.75, 3.05) is 13.7 Å². The summed E-state index contributed by atoms with van der Waals surface area (Å²) in [5.74, 6) is 3.40. The number of hydrazone groups is 1. The molecule has 0 radical (unpaired) electrons. The molecule has 25 heavy (non-hydrogen) atoms. The fraction of sp³-hybridized carbons (Fsp3) is 0.158. The summed E-state index contributed by atoms with van der Waals surface area (Å²) in [6.07, 6.45) is 6.94. The summed E-state index contributed by atoms with van der Waals surface area (Å²) >= 11 is 3.36. The molecule has 2 aromatic carbocycles. The van der Waals surface area contributed by atoms with Crippen LogP contribution in [0.15, 0.2) is 52.0 Å². The van der Waals surface area contributed by atoms with Crippen LogP contribution in [0.25, 0.3) is 0 Å². The molecule has 0 atom stereocenters. The summed E-state index contributed by atoms with van der Waals surface area (Å²) in [5.41, 5.74) is 4.05. The third-order valence-electron chi connectivity index (χ3n) is 3.20. The van der Waals surface area contributed by atoms with Gasteiger partial charge in [0.25, 0.3) is 0 Å². The van der Waals surface area contributed by atoms with E-state index in [1.807, 2.05) is 24.3 Å². The molecule has 128 valence electrons. The van der Waals surface area contributed by atoms with E-state index >= 15 is 0 Å². The number of amides is 1. The van der Waals surface area contributed by atoms with Crippen LogP contribution in [0.2, 0.25) is 0 Å². The van der Waals surface area contributed by atoms with Crippen molar-refractivity contribution in [1.82, 2.24) is 5.43 Å². The number of methoxy groups -OCH3 is 1. The van der Waals surface area contributed by atoms with Gasteiger partial charge in [-0.2, -0.15) is 5.10 Å². The molecule has 0 saturated carbocycles. The Balaban J connectivity index is 2.01. The molecule has 0 heterocycles. The van der Waals surface area contributed by atoms with Gasteiger partial charge in [-0.05, 0) is 35.9 Å². The van der Waals surface area contributed by atoms with Gasteiger partial charge >= 0.3 is 0 Å². The fourth-order valence-corrected chi connectivity index (χ4v) is 2.27. The number of nitrogens with one attached hydrogen (secondary N) is 1. The van der Waals surface area contributed by atoms with Gasteiger partial charge in [0.05, 0.1) is 19.7 Å². The quantitative estimate of drug-likeness (QED) is 0.441. The van der Waals surface area contributed by atoms with Crippen LogP contribution in [0.3, 0.4) is 0 Å². The predicted octanol–water partition coefficient (Wildman–Crippen LogP) is 3.16. The number of benzene rings is 2. The maximum atomic E-state index is 11.9. The molecule has 1 amide bonds. The normalized spacial score (nSPS) is 10.3. The summed E-state index contributed by atoms with van der Waals surface area (Å²) in [6, 6.07) is 12.8. The zero-order valence-electron chi connectivity index (χ0n) is 13.7. The Kier molecular flexibility index (Phi) is 7.05. The molecule has 2 aromatic rings. The highest BCUT2D eigenvalue weighted by Crippen LogP contribution is 2.22. The Labute approximate surface area is 155 Å². The van der Waals surface area contributed by atoms with E-state index < -0.39 is 0 Å². The van der Waals surface area contributed by atoms with Crippen molar-refractivity contribution in [2.45, 2.75) is 6.42 Å². The highest BCUT2D eigenvalue weighted by Gasteiger charge is 2.05. The van der Waals surface area contributed by atoms with Gasteiger partial charge in [-0.15, -0.1) is 6.42 Å². The molecule has 5 nitrogen and oxygen atoms in total. The van der Waals surface area contributed by atoms with Crippen molar-refractivity contribution in [2.24, 2.45) is 5.10 Å². The minimum atomic E-state index is -0.215. The molecule has 1 N–H and O–H groups in total. The van der Waals surface area contributed by atoms with Crippen molar-refractivity contribution < 1.29 is 14.3 Å². The van der Waals surface area contributed by atoms with Crippen molar-refractivity contribution in [3.8, 4) is 23.8 Å². The lowest BCUT2D eigenvalue weighted by Gasteiger charge is -2.08. The molecular weight excluding hydrogens is 384 g/mol. The monoisotopic (exact) mass is 400 g/mol. The van der Waals surface area contributed by atoms with Crippen LogP contribution in [0.1, 0.15) is 11.1 Å². The molecule has 0 bridgehead atoms. The van der Waals surface area contributed by atoms with E-state index in [-0.39, 0.29) is 18.9 Å². The number of terminal acetylenes is 1. The second-order valence-electron chi connectivity index (χ2n) is 4.99. The number of ether oxygens (including phenoxy) is 2. The zero-order chi connectivity index (χ0) is 18.1. The fourth-order valence-electron chi connectivity index (χ4n) is 2.01. The number of carbonyl (C=O) groups is 1. The maximum Gasteiger partial charge on any atom is 0.244 e. The Morgan fingerprint density at radius 2 is 2.08 bits per heavy atom. The first-order valence-corrected chi connectivity index (χ1v) is 8.22. The van der Waals surface area contributed by atoms with Gasteiger partial charge in [0.1, 0.15) is 18.1 Å². The Hall–Kier alpha value is -2.78. The maximum absolute atomic E-state index is 11.9. The molecule has 0 unspecified atom stereocenters.